The number of hydrogen-bond acceptors (Lipinski definition) is 3. The van der Waals surface area contributed by atoms with E-state index in [1.54, 1.807) is 14.2 Å². The van der Waals surface area contributed by atoms with Gasteiger partial charge in [-0.2, -0.15) is 0 Å². The van der Waals surface area contributed by atoms with Gasteiger partial charge in [0.2, 0.25) is 5.91 Å². The first kappa shape index (κ1) is 14.2. The third-order valence-electron chi connectivity index (χ3n) is 3.06. The number of carbonyl (C=O) groups is 2. The van der Waals surface area contributed by atoms with Crippen LogP contribution >= 0.6 is 0 Å². The number of nitrogens with zero attached hydrogens (tertiary/aromatic N) is 1. The van der Waals surface area contributed by atoms with Crippen LogP contribution < -0.4 is 9.64 Å². The van der Waals surface area contributed by atoms with E-state index in [2.05, 4.69) is 0 Å². The monoisotopic (exact) mass is 249 g/mol. The van der Waals surface area contributed by atoms with E-state index in [9.17, 15) is 9.59 Å². The van der Waals surface area contributed by atoms with Crippen LogP contribution in [-0.2, 0) is 9.59 Å². The van der Waals surface area contributed by atoms with Gasteiger partial charge in [0, 0.05) is 12.7 Å². The Morgan fingerprint density at radius 1 is 1.22 bits per heavy atom. The van der Waals surface area contributed by atoms with Gasteiger partial charge in [0.25, 0.3) is 0 Å². The lowest BCUT2D eigenvalue weighted by atomic mass is 10.1. The zero-order valence-electron chi connectivity index (χ0n) is 11.5. The first-order valence-electron chi connectivity index (χ1n) is 5.78. The Hall–Kier alpha value is -1.84. The molecule has 0 atom stereocenters. The zero-order valence-corrected chi connectivity index (χ0v) is 11.5. The molecule has 1 aromatic carbocycles. The molecule has 0 radical (unpaired) electrons. The fourth-order valence-electron chi connectivity index (χ4n) is 1.83. The molecule has 0 N–H and O–H groups in total. The Morgan fingerprint density at radius 3 is 2.33 bits per heavy atom. The molecule has 0 aliphatic carbocycles. The van der Waals surface area contributed by atoms with E-state index in [0.717, 1.165) is 22.6 Å². The third-order valence-corrected chi connectivity index (χ3v) is 3.06. The van der Waals surface area contributed by atoms with E-state index in [4.69, 9.17) is 4.74 Å². The van der Waals surface area contributed by atoms with Crippen LogP contribution in [0.2, 0.25) is 0 Å². The second-order valence-electron chi connectivity index (χ2n) is 4.37. The first-order valence-corrected chi connectivity index (χ1v) is 5.78. The van der Waals surface area contributed by atoms with Gasteiger partial charge in [-0.15, -0.1) is 0 Å². The predicted molar refractivity (Wildman–Crippen MR) is 71.2 cm³/mol. The number of ether oxygens (including phenoxy) is 1. The van der Waals surface area contributed by atoms with Crippen molar-refractivity contribution in [3.63, 3.8) is 0 Å². The Labute approximate surface area is 108 Å². The summed E-state index contributed by atoms with van der Waals surface area (Å²) in [7, 11) is 3.30. The van der Waals surface area contributed by atoms with Gasteiger partial charge in [-0.3, -0.25) is 9.59 Å². The van der Waals surface area contributed by atoms with Gasteiger partial charge in [0.1, 0.15) is 11.5 Å². The second kappa shape index (κ2) is 5.67. The quantitative estimate of drug-likeness (QED) is 0.769. The maximum Gasteiger partial charge on any atom is 0.234 e. The summed E-state index contributed by atoms with van der Waals surface area (Å²) in [4.78, 5) is 24.3. The normalized spacial score (nSPS) is 10.1. The molecule has 98 valence electrons. The molecule has 0 aliphatic rings. The molecule has 1 rings (SSSR count). The van der Waals surface area contributed by atoms with Gasteiger partial charge >= 0.3 is 0 Å². The van der Waals surface area contributed by atoms with Crippen LogP contribution in [0.15, 0.2) is 12.1 Å². The highest BCUT2D eigenvalue weighted by atomic mass is 16.5. The summed E-state index contributed by atoms with van der Waals surface area (Å²) >= 11 is 0. The summed E-state index contributed by atoms with van der Waals surface area (Å²) < 4.78 is 5.23. The molecule has 0 saturated heterocycles. The van der Waals surface area contributed by atoms with Crippen molar-refractivity contribution in [3.05, 3.63) is 23.3 Å². The lowest BCUT2D eigenvalue weighted by Gasteiger charge is -2.21. The summed E-state index contributed by atoms with van der Waals surface area (Å²) in [5, 5.41) is 0. The number of amides is 1. The maximum absolute atomic E-state index is 11.8. The highest BCUT2D eigenvalue weighted by Crippen LogP contribution is 2.29. The fourth-order valence-corrected chi connectivity index (χ4v) is 1.83. The van der Waals surface area contributed by atoms with Crippen molar-refractivity contribution in [2.24, 2.45) is 0 Å². The molecule has 4 nitrogen and oxygen atoms in total. The van der Waals surface area contributed by atoms with Crippen LogP contribution in [0.4, 0.5) is 5.69 Å². The topological polar surface area (TPSA) is 46.6 Å². The average molecular weight is 249 g/mol. The molecule has 1 aromatic rings. The van der Waals surface area contributed by atoms with Crippen LogP contribution in [0.3, 0.4) is 0 Å². The van der Waals surface area contributed by atoms with Crippen molar-refractivity contribution < 1.29 is 14.3 Å². The van der Waals surface area contributed by atoms with Crippen molar-refractivity contribution in [3.8, 4) is 5.75 Å². The van der Waals surface area contributed by atoms with Crippen LogP contribution in [0.5, 0.6) is 5.75 Å². The van der Waals surface area contributed by atoms with Crippen molar-refractivity contribution in [1.29, 1.82) is 0 Å². The number of hydrogen-bond donors (Lipinski definition) is 0. The smallest absolute Gasteiger partial charge is 0.234 e. The molecule has 1 amide bonds. The Bertz CT molecular complexity index is 480. The Morgan fingerprint density at radius 2 is 1.83 bits per heavy atom. The second-order valence-corrected chi connectivity index (χ2v) is 4.37. The van der Waals surface area contributed by atoms with E-state index >= 15 is 0 Å². The van der Waals surface area contributed by atoms with E-state index in [1.807, 2.05) is 26.0 Å². The summed E-state index contributed by atoms with van der Waals surface area (Å²) in [6, 6.07) is 3.66. The molecule has 4 heteroatoms. The maximum atomic E-state index is 11.8. The Kier molecular flexibility index (Phi) is 4.48. The van der Waals surface area contributed by atoms with Gasteiger partial charge in [0.05, 0.1) is 13.5 Å². The van der Waals surface area contributed by atoms with E-state index < -0.39 is 0 Å². The van der Waals surface area contributed by atoms with Crippen LogP contribution in [0.1, 0.15) is 24.5 Å². The molecule has 0 aliphatic heterocycles. The van der Waals surface area contributed by atoms with E-state index in [-0.39, 0.29) is 18.1 Å². The van der Waals surface area contributed by atoms with Crippen LogP contribution in [0, 0.1) is 13.8 Å². The van der Waals surface area contributed by atoms with E-state index in [1.165, 1.54) is 11.8 Å². The van der Waals surface area contributed by atoms with Crippen LogP contribution in [0.25, 0.3) is 0 Å². The predicted octanol–water partition coefficient (Wildman–Crippen LogP) is 2.25. The van der Waals surface area contributed by atoms with E-state index in [0.29, 0.717) is 0 Å². The zero-order chi connectivity index (χ0) is 13.9. The lowest BCUT2D eigenvalue weighted by molar-refractivity contribution is -0.125. The molecule has 0 bridgehead atoms. The lowest BCUT2D eigenvalue weighted by Crippen LogP contribution is -2.28. The standard InChI is InChI=1S/C14H19NO3/c1-9(16)8-14(17)15(4)12-6-7-13(18-5)11(3)10(12)2/h6-7H,8H2,1-5H3. The molecular weight excluding hydrogens is 230 g/mol. The van der Waals surface area contributed by atoms with Crippen molar-refractivity contribution in [2.45, 2.75) is 27.2 Å². The number of benzene rings is 1. The number of methoxy groups -OCH3 is 1. The van der Waals surface area contributed by atoms with Gasteiger partial charge in [-0.05, 0) is 44.0 Å². The Balaban J connectivity index is 3.07. The summed E-state index contributed by atoms with van der Waals surface area (Å²) in [5.74, 6) is 0.466. The molecule has 0 aromatic heterocycles. The number of ketones is 1. The molecule has 0 fully saturated rings. The van der Waals surface area contributed by atoms with Gasteiger partial charge in [0.15, 0.2) is 0 Å². The minimum Gasteiger partial charge on any atom is -0.496 e. The first-order chi connectivity index (χ1) is 8.38. The highest BCUT2D eigenvalue weighted by molar-refractivity contribution is 6.05. The minimum atomic E-state index is -0.199. The average Bonchev–Trinajstić information content (AvgIpc) is 2.31. The van der Waals surface area contributed by atoms with Crippen LogP contribution in [-0.4, -0.2) is 25.8 Å². The molecule has 0 spiro atoms. The number of anilines is 1. The fraction of sp³-hybridized carbons (Fsp3) is 0.429. The summed E-state index contributed by atoms with van der Waals surface area (Å²) in [6.07, 6.45) is -0.0684. The number of carbonyl (C=O) groups excluding carboxylic acids is 2. The number of rotatable bonds is 4. The molecular formula is C14H19NO3. The van der Waals surface area contributed by atoms with Crippen molar-refractivity contribution >= 4 is 17.4 Å². The minimum absolute atomic E-state index is 0.0684. The van der Waals surface area contributed by atoms with Gasteiger partial charge in [-0.25, -0.2) is 0 Å². The summed E-state index contributed by atoms with van der Waals surface area (Å²) in [5.41, 5.74) is 2.78. The number of Topliss-reactive ketones (excluding diaryl/α,β-unsaturated/α-hetero) is 1. The molecule has 0 saturated carbocycles. The van der Waals surface area contributed by atoms with Gasteiger partial charge in [-0.1, -0.05) is 0 Å². The SMILES string of the molecule is COc1ccc(N(C)C(=O)CC(C)=O)c(C)c1C. The third kappa shape index (κ3) is 2.88. The largest absolute Gasteiger partial charge is 0.496 e. The molecule has 0 heterocycles. The molecule has 18 heavy (non-hydrogen) atoms. The molecule has 0 unspecified atom stereocenters. The summed E-state index contributed by atoms with van der Waals surface area (Å²) in [6.45, 7) is 5.30. The van der Waals surface area contributed by atoms with Gasteiger partial charge < -0.3 is 9.64 Å². The van der Waals surface area contributed by atoms with Crippen molar-refractivity contribution in [1.82, 2.24) is 0 Å². The highest BCUT2D eigenvalue weighted by Gasteiger charge is 2.16. The van der Waals surface area contributed by atoms with Crippen molar-refractivity contribution in [2.75, 3.05) is 19.1 Å².